The molecule has 0 heteroatoms. The molecule has 0 saturated carbocycles. The van der Waals surface area contributed by atoms with Crippen LogP contribution in [-0.2, 0) is 0 Å². The molecule has 0 amide bonds. The molecule has 0 spiro atoms. The van der Waals surface area contributed by atoms with E-state index in [-0.39, 0.29) is 16.2 Å². The molecule has 0 N–H and O–H groups in total. The molecule has 48 heavy (non-hydrogen) atoms. The lowest BCUT2D eigenvalue weighted by Gasteiger charge is -2.16. The lowest BCUT2D eigenvalue weighted by atomic mass is 9.86. The SMILES string of the molecule is CC(C)(C)C1=C=C=C(c2ccccc2)C#CC(C(C)(C)C)=C=C=C(c2ccccc2)C#CC(C(C)(C)C)=C=C=C(c2ccccc2)C#C1. The summed E-state index contributed by atoms with van der Waals surface area (Å²) >= 11 is 0. The van der Waals surface area contributed by atoms with E-state index < -0.39 is 0 Å². The van der Waals surface area contributed by atoms with Gasteiger partial charge in [-0.05, 0) is 16.7 Å². The van der Waals surface area contributed by atoms with E-state index in [0.717, 1.165) is 33.4 Å². The van der Waals surface area contributed by atoms with Gasteiger partial charge in [0.1, 0.15) is 0 Å². The quantitative estimate of drug-likeness (QED) is 0.202. The van der Waals surface area contributed by atoms with E-state index in [1.807, 2.05) is 91.0 Å². The zero-order valence-corrected chi connectivity index (χ0v) is 29.7. The minimum atomic E-state index is -0.294. The van der Waals surface area contributed by atoms with Gasteiger partial charge in [0.25, 0.3) is 0 Å². The highest BCUT2D eigenvalue weighted by Crippen LogP contribution is 2.27. The lowest BCUT2D eigenvalue weighted by molar-refractivity contribution is 0.522. The predicted molar refractivity (Wildman–Crippen MR) is 203 cm³/mol. The van der Waals surface area contributed by atoms with Gasteiger partial charge < -0.3 is 0 Å². The van der Waals surface area contributed by atoms with Gasteiger partial charge in [-0.25, -0.2) is 0 Å². The minimum absolute atomic E-state index is 0.294. The number of benzene rings is 3. The maximum atomic E-state index is 3.41. The molecule has 0 heterocycles. The molecule has 0 atom stereocenters. The van der Waals surface area contributed by atoms with E-state index in [0.29, 0.717) is 16.7 Å². The summed E-state index contributed by atoms with van der Waals surface area (Å²) in [5.74, 6) is 20.4. The summed E-state index contributed by atoms with van der Waals surface area (Å²) in [7, 11) is 0. The van der Waals surface area contributed by atoms with Gasteiger partial charge in [0.2, 0.25) is 0 Å². The van der Waals surface area contributed by atoms with Crippen LogP contribution in [-0.4, -0.2) is 0 Å². The largest absolute Gasteiger partial charge is 0.0824 e. The smallest absolute Gasteiger partial charge is 0.0622 e. The Morgan fingerprint density at radius 1 is 0.292 bits per heavy atom. The van der Waals surface area contributed by atoms with Crippen LogP contribution in [0, 0.1) is 51.8 Å². The standard InChI is InChI=1S/C48H42/c1-46(2,3)43-31-25-40(37-19-13-10-14-20-37)27-33-44(47(4,5)6)35-29-42(39-23-17-12-18-24-39)30-36-45(48(7,8)9)34-28-41(26-32-43)38-21-15-11-16-22-38/h10-24H,1-9H3. The molecule has 0 fully saturated rings. The van der Waals surface area contributed by atoms with Crippen LogP contribution in [0.1, 0.15) is 79.0 Å². The van der Waals surface area contributed by atoms with Crippen molar-refractivity contribution >= 4 is 16.7 Å². The fourth-order valence-corrected chi connectivity index (χ4v) is 4.31. The summed E-state index contributed by atoms with van der Waals surface area (Å²) < 4.78 is 0. The molecule has 234 valence electrons. The first kappa shape index (κ1) is 35.1. The van der Waals surface area contributed by atoms with Crippen molar-refractivity contribution < 1.29 is 0 Å². The molecular formula is C48H42. The van der Waals surface area contributed by atoms with E-state index in [2.05, 4.69) is 132 Å². The van der Waals surface area contributed by atoms with Gasteiger partial charge in [-0.15, -0.1) is 0 Å². The summed E-state index contributed by atoms with van der Waals surface area (Å²) in [5.41, 5.74) is 27.0. The van der Waals surface area contributed by atoms with Crippen molar-refractivity contribution in [3.8, 4) is 35.5 Å². The van der Waals surface area contributed by atoms with Crippen molar-refractivity contribution in [1.82, 2.24) is 0 Å². The third-order valence-electron chi connectivity index (χ3n) is 7.31. The van der Waals surface area contributed by atoms with Gasteiger partial charge >= 0.3 is 0 Å². The highest BCUT2D eigenvalue weighted by Gasteiger charge is 2.17. The molecule has 1 aliphatic rings. The highest BCUT2D eigenvalue weighted by molar-refractivity contribution is 5.81. The zero-order valence-electron chi connectivity index (χ0n) is 29.7. The Balaban J connectivity index is 2.28. The molecule has 0 bridgehead atoms. The molecule has 0 unspecified atom stereocenters. The number of rotatable bonds is 3. The zero-order chi connectivity index (χ0) is 34.8. The molecular weight excluding hydrogens is 577 g/mol. The van der Waals surface area contributed by atoms with Crippen LogP contribution in [0.15, 0.2) is 142 Å². The molecule has 0 saturated heterocycles. The van der Waals surface area contributed by atoms with Gasteiger partial charge in [-0.1, -0.05) is 223 Å². The van der Waals surface area contributed by atoms with Gasteiger partial charge in [-0.3, -0.25) is 0 Å². The summed E-state index contributed by atoms with van der Waals surface area (Å²) in [5, 5.41) is 0. The van der Waals surface area contributed by atoms with Crippen molar-refractivity contribution in [2.24, 2.45) is 16.2 Å². The molecule has 0 aliphatic heterocycles. The average molecular weight is 619 g/mol. The van der Waals surface area contributed by atoms with Crippen molar-refractivity contribution in [3.05, 3.63) is 159 Å². The molecule has 0 radical (unpaired) electrons. The average Bonchev–Trinajstić information content (AvgIpc) is 3.04. The Labute approximate surface area is 288 Å². The highest BCUT2D eigenvalue weighted by atomic mass is 14.2. The van der Waals surface area contributed by atoms with Crippen LogP contribution in [0.5, 0.6) is 0 Å². The minimum Gasteiger partial charge on any atom is -0.0622 e. The maximum absolute atomic E-state index is 3.41. The third kappa shape index (κ3) is 10.1. The van der Waals surface area contributed by atoms with Crippen molar-refractivity contribution in [3.63, 3.8) is 0 Å². The summed E-state index contributed by atoms with van der Waals surface area (Å²) in [6, 6.07) is 30.2. The number of allylic oxidation sites excluding steroid dienone is 6. The van der Waals surface area contributed by atoms with Gasteiger partial charge in [0.05, 0.1) is 33.4 Å². The summed E-state index contributed by atoms with van der Waals surface area (Å²) in [6.45, 7) is 19.1. The topological polar surface area (TPSA) is 0 Å². The molecule has 0 aromatic heterocycles. The van der Waals surface area contributed by atoms with Crippen LogP contribution < -0.4 is 0 Å². The lowest BCUT2D eigenvalue weighted by Crippen LogP contribution is -2.07. The van der Waals surface area contributed by atoms with E-state index in [1.54, 1.807) is 0 Å². The number of hydrogen-bond acceptors (Lipinski definition) is 0. The Morgan fingerprint density at radius 2 is 0.521 bits per heavy atom. The van der Waals surface area contributed by atoms with Gasteiger partial charge in [0, 0.05) is 16.2 Å². The summed E-state index contributed by atoms with van der Waals surface area (Å²) in [4.78, 5) is 0. The Bertz CT molecular complexity index is 1930. The Morgan fingerprint density at radius 3 is 0.729 bits per heavy atom. The monoisotopic (exact) mass is 618 g/mol. The molecule has 3 aromatic rings. The van der Waals surface area contributed by atoms with Crippen LogP contribution in [0.4, 0.5) is 0 Å². The Kier molecular flexibility index (Phi) is 11.1. The van der Waals surface area contributed by atoms with Crippen molar-refractivity contribution in [2.45, 2.75) is 62.3 Å². The van der Waals surface area contributed by atoms with Crippen molar-refractivity contribution in [1.29, 1.82) is 0 Å². The van der Waals surface area contributed by atoms with E-state index in [4.69, 9.17) is 0 Å². The normalized spacial score (nSPS) is 13.7. The summed E-state index contributed by atoms with van der Waals surface area (Å²) in [6.07, 6.45) is 0. The molecule has 4 rings (SSSR count). The van der Waals surface area contributed by atoms with E-state index in [1.165, 1.54) is 0 Å². The van der Waals surface area contributed by atoms with Crippen LogP contribution in [0.25, 0.3) is 16.7 Å². The fraction of sp³-hybridized carbons (Fsp3) is 0.250. The van der Waals surface area contributed by atoms with E-state index >= 15 is 0 Å². The second kappa shape index (κ2) is 15.2. The molecule has 1 aliphatic carbocycles. The molecule has 3 aromatic carbocycles. The van der Waals surface area contributed by atoms with Crippen LogP contribution >= 0.6 is 0 Å². The third-order valence-corrected chi connectivity index (χ3v) is 7.31. The first-order chi connectivity index (χ1) is 22.7. The van der Waals surface area contributed by atoms with E-state index in [9.17, 15) is 0 Å². The first-order valence-electron chi connectivity index (χ1n) is 16.2. The Hall–Kier alpha value is -5.76. The van der Waals surface area contributed by atoms with Crippen LogP contribution in [0.3, 0.4) is 0 Å². The fourth-order valence-electron chi connectivity index (χ4n) is 4.31. The maximum Gasteiger partial charge on any atom is 0.0824 e. The van der Waals surface area contributed by atoms with Gasteiger partial charge in [-0.2, -0.15) is 0 Å². The van der Waals surface area contributed by atoms with Crippen molar-refractivity contribution in [2.75, 3.05) is 0 Å². The second-order valence-electron chi connectivity index (χ2n) is 14.6. The number of hydrogen-bond donors (Lipinski definition) is 0. The first-order valence-corrected chi connectivity index (χ1v) is 16.2. The van der Waals surface area contributed by atoms with Gasteiger partial charge in [0.15, 0.2) is 0 Å². The van der Waals surface area contributed by atoms with Crippen LogP contribution in [0.2, 0.25) is 0 Å². The molecule has 0 nitrogen and oxygen atoms in total. The second-order valence-corrected chi connectivity index (χ2v) is 14.6. The predicted octanol–water partition coefficient (Wildman–Crippen LogP) is 11.4.